The second-order valence-corrected chi connectivity index (χ2v) is 3.62. The van der Waals surface area contributed by atoms with E-state index in [4.69, 9.17) is 10.5 Å². The normalized spacial score (nSPS) is 9.73. The van der Waals surface area contributed by atoms with Crippen LogP contribution in [0.5, 0.6) is 0 Å². The summed E-state index contributed by atoms with van der Waals surface area (Å²) in [4.78, 5) is 3.79. The third kappa shape index (κ3) is 2.39. The van der Waals surface area contributed by atoms with Gasteiger partial charge in [-0.1, -0.05) is 0 Å². The quantitative estimate of drug-likeness (QED) is 0.622. The molecular formula is C9H4F2IN3. The van der Waals surface area contributed by atoms with E-state index in [0.29, 0.717) is 3.70 Å². The molecule has 0 aliphatic carbocycles. The van der Waals surface area contributed by atoms with Gasteiger partial charge in [-0.25, -0.2) is 13.8 Å². The minimum Gasteiger partial charge on any atom is -0.249 e. The third-order valence-electron chi connectivity index (χ3n) is 1.77. The molecule has 76 valence electrons. The molecule has 3 nitrogen and oxygen atoms in total. The van der Waals surface area contributed by atoms with E-state index in [1.54, 1.807) is 34.7 Å². The Kier molecular flexibility index (Phi) is 3.92. The van der Waals surface area contributed by atoms with Crippen LogP contribution in [0.15, 0.2) is 6.20 Å². The van der Waals surface area contributed by atoms with Gasteiger partial charge in [0.25, 0.3) is 6.43 Å². The summed E-state index contributed by atoms with van der Waals surface area (Å²) in [6, 6.07) is 3.43. The van der Waals surface area contributed by atoms with Crippen LogP contribution in [0.3, 0.4) is 0 Å². The average molecular weight is 319 g/mol. The first kappa shape index (κ1) is 11.8. The van der Waals surface area contributed by atoms with E-state index in [9.17, 15) is 8.78 Å². The number of nitriles is 2. The van der Waals surface area contributed by atoms with Crippen molar-refractivity contribution in [3.63, 3.8) is 0 Å². The first-order valence-electron chi connectivity index (χ1n) is 3.84. The van der Waals surface area contributed by atoms with Crippen LogP contribution >= 0.6 is 22.6 Å². The Morgan fingerprint density at radius 3 is 2.60 bits per heavy atom. The molecule has 1 aromatic heterocycles. The first-order valence-corrected chi connectivity index (χ1v) is 4.92. The molecule has 0 aliphatic heterocycles. The second kappa shape index (κ2) is 4.99. The molecule has 0 amide bonds. The number of aromatic nitrogens is 1. The Morgan fingerprint density at radius 2 is 2.13 bits per heavy atom. The standard InChI is InChI=1S/C9H4F2IN3/c10-8(11)7-5(3-14)4-15-9(12)6(7)1-2-13/h4,8H,1H2. The van der Waals surface area contributed by atoms with Crippen molar-refractivity contribution in [1.29, 1.82) is 10.5 Å². The highest BCUT2D eigenvalue weighted by Crippen LogP contribution is 2.28. The van der Waals surface area contributed by atoms with Gasteiger partial charge in [-0.15, -0.1) is 0 Å². The summed E-state index contributed by atoms with van der Waals surface area (Å²) in [6.07, 6.45) is -1.83. The van der Waals surface area contributed by atoms with Crippen LogP contribution in [0.2, 0.25) is 0 Å². The van der Waals surface area contributed by atoms with E-state index >= 15 is 0 Å². The van der Waals surface area contributed by atoms with E-state index in [1.807, 2.05) is 0 Å². The van der Waals surface area contributed by atoms with Gasteiger partial charge in [-0.3, -0.25) is 0 Å². The minimum absolute atomic E-state index is 0.146. The molecule has 0 atom stereocenters. The highest BCUT2D eigenvalue weighted by Gasteiger charge is 2.20. The molecule has 1 rings (SSSR count). The van der Waals surface area contributed by atoms with Gasteiger partial charge < -0.3 is 0 Å². The lowest BCUT2D eigenvalue weighted by atomic mass is 10.0. The number of halogens is 3. The molecule has 6 heteroatoms. The summed E-state index contributed by atoms with van der Waals surface area (Å²) in [5.41, 5.74) is -0.402. The fourth-order valence-corrected chi connectivity index (χ4v) is 1.75. The molecule has 0 saturated heterocycles. The summed E-state index contributed by atoms with van der Waals surface area (Å²) >= 11 is 1.77. The summed E-state index contributed by atoms with van der Waals surface area (Å²) in [7, 11) is 0. The van der Waals surface area contributed by atoms with Gasteiger partial charge >= 0.3 is 0 Å². The van der Waals surface area contributed by atoms with Crippen molar-refractivity contribution >= 4 is 22.6 Å². The van der Waals surface area contributed by atoms with Crippen molar-refractivity contribution in [1.82, 2.24) is 4.98 Å². The Hall–Kier alpha value is -1.28. The summed E-state index contributed by atoms with van der Waals surface area (Å²) in [5, 5.41) is 17.1. The maximum Gasteiger partial charge on any atom is 0.265 e. The zero-order chi connectivity index (χ0) is 11.4. The molecule has 0 radical (unpaired) electrons. The van der Waals surface area contributed by atoms with Crippen molar-refractivity contribution < 1.29 is 8.78 Å². The van der Waals surface area contributed by atoms with Gasteiger partial charge in [-0.2, -0.15) is 10.5 Å². The van der Waals surface area contributed by atoms with Crippen molar-refractivity contribution in [3.8, 4) is 12.1 Å². The van der Waals surface area contributed by atoms with Gasteiger partial charge in [0, 0.05) is 17.3 Å². The van der Waals surface area contributed by atoms with Crippen molar-refractivity contribution in [2.75, 3.05) is 0 Å². The van der Waals surface area contributed by atoms with Gasteiger partial charge in [0.15, 0.2) is 0 Å². The van der Waals surface area contributed by atoms with E-state index in [0.717, 1.165) is 6.20 Å². The van der Waals surface area contributed by atoms with Crippen LogP contribution in [0.4, 0.5) is 8.78 Å². The Labute approximate surface area is 98.5 Å². The molecule has 1 heterocycles. The molecule has 15 heavy (non-hydrogen) atoms. The van der Waals surface area contributed by atoms with Gasteiger partial charge in [0.1, 0.15) is 9.77 Å². The lowest BCUT2D eigenvalue weighted by Crippen LogP contribution is -2.03. The number of pyridine rings is 1. The fraction of sp³-hybridized carbons (Fsp3) is 0.222. The van der Waals surface area contributed by atoms with E-state index in [1.165, 1.54) is 0 Å². The van der Waals surface area contributed by atoms with Crippen LogP contribution < -0.4 is 0 Å². The maximum absolute atomic E-state index is 12.7. The molecule has 0 spiro atoms. The number of rotatable bonds is 2. The SMILES string of the molecule is N#CCc1c(I)ncc(C#N)c1C(F)F. The number of hydrogen-bond acceptors (Lipinski definition) is 3. The van der Waals surface area contributed by atoms with Crippen molar-refractivity contribution in [2.24, 2.45) is 0 Å². The van der Waals surface area contributed by atoms with E-state index in [-0.39, 0.29) is 23.1 Å². The highest BCUT2D eigenvalue weighted by molar-refractivity contribution is 14.1. The number of hydrogen-bond donors (Lipinski definition) is 0. The number of nitrogens with zero attached hydrogens (tertiary/aromatic N) is 3. The fourth-order valence-electron chi connectivity index (χ4n) is 1.13. The molecule has 1 aromatic rings. The third-order valence-corrected chi connectivity index (χ3v) is 2.70. The molecular weight excluding hydrogens is 315 g/mol. The first-order chi connectivity index (χ1) is 7.11. The van der Waals surface area contributed by atoms with Crippen LogP contribution in [0.1, 0.15) is 23.1 Å². The predicted molar refractivity (Wildman–Crippen MR) is 55.9 cm³/mol. The zero-order valence-corrected chi connectivity index (χ0v) is 9.49. The molecule has 0 N–H and O–H groups in total. The van der Waals surface area contributed by atoms with Crippen LogP contribution in [-0.4, -0.2) is 4.98 Å². The van der Waals surface area contributed by atoms with Crippen molar-refractivity contribution in [2.45, 2.75) is 12.8 Å². The van der Waals surface area contributed by atoms with E-state index in [2.05, 4.69) is 4.98 Å². The van der Waals surface area contributed by atoms with Gasteiger partial charge in [0.05, 0.1) is 18.1 Å². The summed E-state index contributed by atoms with van der Waals surface area (Å²) in [5.74, 6) is 0. The molecule has 0 aliphatic rings. The topological polar surface area (TPSA) is 60.5 Å². The summed E-state index contributed by atoms with van der Waals surface area (Å²) < 4.78 is 25.7. The minimum atomic E-state index is -2.76. The lowest BCUT2D eigenvalue weighted by molar-refractivity contribution is 0.150. The van der Waals surface area contributed by atoms with Crippen molar-refractivity contribution in [3.05, 3.63) is 26.6 Å². The van der Waals surface area contributed by atoms with Crippen LogP contribution in [0, 0.1) is 26.4 Å². The predicted octanol–water partition coefficient (Wildman–Crippen LogP) is 2.56. The Balaban J connectivity index is 3.47. The zero-order valence-electron chi connectivity index (χ0n) is 7.34. The maximum atomic E-state index is 12.7. The second-order valence-electron chi connectivity index (χ2n) is 2.60. The van der Waals surface area contributed by atoms with Gasteiger partial charge in [0.2, 0.25) is 0 Å². The van der Waals surface area contributed by atoms with E-state index < -0.39 is 6.43 Å². The molecule has 0 bridgehead atoms. The van der Waals surface area contributed by atoms with Gasteiger partial charge in [-0.05, 0) is 22.6 Å². The largest absolute Gasteiger partial charge is 0.265 e. The molecule has 0 saturated carbocycles. The molecule has 0 fully saturated rings. The molecule has 0 unspecified atom stereocenters. The Bertz CT molecular complexity index is 460. The van der Waals surface area contributed by atoms with Crippen LogP contribution in [0.25, 0.3) is 0 Å². The lowest BCUT2D eigenvalue weighted by Gasteiger charge is -2.08. The summed E-state index contributed by atoms with van der Waals surface area (Å²) in [6.45, 7) is 0. The highest BCUT2D eigenvalue weighted by atomic mass is 127. The monoisotopic (exact) mass is 319 g/mol. The number of alkyl halides is 2. The smallest absolute Gasteiger partial charge is 0.249 e. The Morgan fingerprint density at radius 1 is 1.47 bits per heavy atom. The van der Waals surface area contributed by atoms with Crippen LogP contribution in [-0.2, 0) is 6.42 Å². The molecule has 0 aromatic carbocycles. The average Bonchev–Trinajstić information content (AvgIpc) is 2.20.